The van der Waals surface area contributed by atoms with Crippen molar-refractivity contribution >= 4 is 0 Å². The third kappa shape index (κ3) is 1.95. The normalized spacial score (nSPS) is 11.9. The predicted molar refractivity (Wildman–Crippen MR) is 55.8 cm³/mol. The molecule has 0 spiro atoms. The summed E-state index contributed by atoms with van der Waals surface area (Å²) in [6, 6.07) is 3.23. The van der Waals surface area contributed by atoms with Gasteiger partial charge in [-0.1, -0.05) is 26.8 Å². The molecule has 0 amide bonds. The van der Waals surface area contributed by atoms with Crippen LogP contribution in [-0.2, 0) is 12.0 Å². The monoisotopic (exact) mass is 196 g/mol. The standard InChI is InChI=1S/C12H17FO/c1-8-9(7-14)10(12(2,3)4)5-6-11(8)13/h5-6,14H,7H2,1-4H3. The fourth-order valence-electron chi connectivity index (χ4n) is 1.63. The molecule has 0 radical (unpaired) electrons. The number of hydrogen-bond acceptors (Lipinski definition) is 1. The molecule has 0 aliphatic carbocycles. The van der Waals surface area contributed by atoms with Crippen LogP contribution in [0.3, 0.4) is 0 Å². The summed E-state index contributed by atoms with van der Waals surface area (Å²) >= 11 is 0. The topological polar surface area (TPSA) is 20.2 Å². The Morgan fingerprint density at radius 2 is 1.86 bits per heavy atom. The van der Waals surface area contributed by atoms with Gasteiger partial charge in [0.2, 0.25) is 0 Å². The Labute approximate surface area is 84.6 Å². The van der Waals surface area contributed by atoms with Crippen molar-refractivity contribution in [3.8, 4) is 0 Å². The lowest BCUT2D eigenvalue weighted by Crippen LogP contribution is -2.15. The molecule has 0 aliphatic heterocycles. The highest BCUT2D eigenvalue weighted by molar-refractivity contribution is 5.38. The zero-order chi connectivity index (χ0) is 10.9. The summed E-state index contributed by atoms with van der Waals surface area (Å²) in [6.45, 7) is 7.77. The van der Waals surface area contributed by atoms with Crippen LogP contribution in [0.5, 0.6) is 0 Å². The number of halogens is 1. The van der Waals surface area contributed by atoms with Crippen LogP contribution >= 0.6 is 0 Å². The van der Waals surface area contributed by atoms with E-state index in [0.29, 0.717) is 5.56 Å². The van der Waals surface area contributed by atoms with Gasteiger partial charge in [-0.25, -0.2) is 4.39 Å². The van der Waals surface area contributed by atoms with Gasteiger partial charge in [-0.2, -0.15) is 0 Å². The summed E-state index contributed by atoms with van der Waals surface area (Å²) in [5.41, 5.74) is 2.23. The first-order valence-electron chi connectivity index (χ1n) is 4.77. The van der Waals surface area contributed by atoms with Gasteiger partial charge in [-0.15, -0.1) is 0 Å². The zero-order valence-corrected chi connectivity index (χ0v) is 9.19. The van der Waals surface area contributed by atoms with Gasteiger partial charge < -0.3 is 5.11 Å². The minimum absolute atomic E-state index is 0.0590. The molecule has 0 fully saturated rings. The van der Waals surface area contributed by atoms with Crippen LogP contribution in [0, 0.1) is 12.7 Å². The maximum Gasteiger partial charge on any atom is 0.126 e. The Kier molecular flexibility index (Phi) is 2.95. The van der Waals surface area contributed by atoms with E-state index in [9.17, 15) is 9.50 Å². The first-order chi connectivity index (χ1) is 6.38. The van der Waals surface area contributed by atoms with Crippen LogP contribution in [0.2, 0.25) is 0 Å². The van der Waals surface area contributed by atoms with E-state index in [4.69, 9.17) is 0 Å². The molecular formula is C12H17FO. The van der Waals surface area contributed by atoms with E-state index in [-0.39, 0.29) is 17.8 Å². The quantitative estimate of drug-likeness (QED) is 0.732. The van der Waals surface area contributed by atoms with E-state index in [1.807, 2.05) is 0 Å². The fourth-order valence-corrected chi connectivity index (χ4v) is 1.63. The average molecular weight is 196 g/mol. The van der Waals surface area contributed by atoms with E-state index in [0.717, 1.165) is 11.1 Å². The van der Waals surface area contributed by atoms with Gasteiger partial charge in [0.15, 0.2) is 0 Å². The molecule has 0 saturated carbocycles. The van der Waals surface area contributed by atoms with E-state index >= 15 is 0 Å². The summed E-state index contributed by atoms with van der Waals surface area (Å²) in [4.78, 5) is 0. The number of hydrogen-bond donors (Lipinski definition) is 1. The largest absolute Gasteiger partial charge is 0.392 e. The Morgan fingerprint density at radius 1 is 1.29 bits per heavy atom. The third-order valence-electron chi connectivity index (χ3n) is 2.50. The molecule has 2 heteroatoms. The van der Waals surface area contributed by atoms with Crippen molar-refractivity contribution in [1.29, 1.82) is 0 Å². The minimum atomic E-state index is -0.248. The van der Waals surface area contributed by atoms with E-state index in [1.54, 1.807) is 13.0 Å². The molecule has 1 nitrogen and oxygen atoms in total. The van der Waals surface area contributed by atoms with Crippen molar-refractivity contribution in [2.45, 2.75) is 39.7 Å². The zero-order valence-electron chi connectivity index (χ0n) is 9.19. The smallest absolute Gasteiger partial charge is 0.126 e. The Balaban J connectivity index is 3.39. The van der Waals surface area contributed by atoms with Crippen LogP contribution in [0.15, 0.2) is 12.1 Å². The van der Waals surface area contributed by atoms with Crippen molar-refractivity contribution in [2.24, 2.45) is 0 Å². The van der Waals surface area contributed by atoms with E-state index in [1.165, 1.54) is 6.07 Å². The Hall–Kier alpha value is -0.890. The third-order valence-corrected chi connectivity index (χ3v) is 2.50. The van der Waals surface area contributed by atoms with Crippen LogP contribution in [-0.4, -0.2) is 5.11 Å². The second-order valence-corrected chi connectivity index (χ2v) is 4.61. The van der Waals surface area contributed by atoms with Crippen molar-refractivity contribution in [3.05, 3.63) is 34.6 Å². The maximum atomic E-state index is 13.2. The van der Waals surface area contributed by atoms with Crippen LogP contribution in [0.25, 0.3) is 0 Å². The summed E-state index contributed by atoms with van der Waals surface area (Å²) in [6.07, 6.45) is 0. The molecule has 0 aliphatic rings. The first-order valence-corrected chi connectivity index (χ1v) is 4.77. The van der Waals surface area contributed by atoms with E-state index in [2.05, 4.69) is 20.8 Å². The average Bonchev–Trinajstić information content (AvgIpc) is 2.07. The van der Waals surface area contributed by atoms with Crippen LogP contribution < -0.4 is 0 Å². The van der Waals surface area contributed by atoms with Crippen molar-refractivity contribution in [1.82, 2.24) is 0 Å². The lowest BCUT2D eigenvalue weighted by Gasteiger charge is -2.23. The van der Waals surface area contributed by atoms with Crippen LogP contribution in [0.4, 0.5) is 4.39 Å². The Morgan fingerprint density at radius 3 is 2.29 bits per heavy atom. The van der Waals surface area contributed by atoms with Crippen molar-refractivity contribution in [2.75, 3.05) is 0 Å². The molecule has 78 valence electrons. The lowest BCUT2D eigenvalue weighted by molar-refractivity contribution is 0.277. The first kappa shape index (κ1) is 11.2. The molecule has 14 heavy (non-hydrogen) atoms. The molecule has 1 rings (SSSR count). The molecule has 0 unspecified atom stereocenters. The molecular weight excluding hydrogens is 179 g/mol. The molecule has 0 aromatic heterocycles. The number of aliphatic hydroxyl groups is 1. The number of rotatable bonds is 1. The SMILES string of the molecule is Cc1c(F)ccc(C(C)(C)C)c1CO. The molecule has 1 aromatic rings. The fraction of sp³-hybridized carbons (Fsp3) is 0.500. The minimum Gasteiger partial charge on any atom is -0.392 e. The summed E-state index contributed by atoms with van der Waals surface area (Å²) in [7, 11) is 0. The molecule has 1 N–H and O–H groups in total. The van der Waals surface area contributed by atoms with Gasteiger partial charge in [0.1, 0.15) is 5.82 Å². The number of aliphatic hydroxyl groups excluding tert-OH is 1. The second kappa shape index (κ2) is 3.70. The summed E-state index contributed by atoms with van der Waals surface area (Å²) in [5, 5.41) is 9.22. The number of benzene rings is 1. The van der Waals surface area contributed by atoms with Gasteiger partial charge in [-0.05, 0) is 35.1 Å². The van der Waals surface area contributed by atoms with Gasteiger partial charge >= 0.3 is 0 Å². The summed E-state index contributed by atoms with van der Waals surface area (Å²) < 4.78 is 13.2. The molecule has 0 saturated heterocycles. The maximum absolute atomic E-state index is 13.2. The molecule has 0 atom stereocenters. The van der Waals surface area contributed by atoms with Crippen molar-refractivity contribution in [3.63, 3.8) is 0 Å². The molecule has 0 heterocycles. The van der Waals surface area contributed by atoms with Gasteiger partial charge in [0.05, 0.1) is 6.61 Å². The lowest BCUT2D eigenvalue weighted by atomic mass is 9.82. The highest BCUT2D eigenvalue weighted by atomic mass is 19.1. The van der Waals surface area contributed by atoms with Crippen molar-refractivity contribution < 1.29 is 9.50 Å². The molecule has 0 bridgehead atoms. The summed E-state index contributed by atoms with van der Waals surface area (Å²) in [5.74, 6) is -0.248. The predicted octanol–water partition coefficient (Wildman–Crippen LogP) is 2.92. The van der Waals surface area contributed by atoms with Gasteiger partial charge in [0, 0.05) is 0 Å². The van der Waals surface area contributed by atoms with Gasteiger partial charge in [-0.3, -0.25) is 0 Å². The highest BCUT2D eigenvalue weighted by Crippen LogP contribution is 2.28. The van der Waals surface area contributed by atoms with Gasteiger partial charge in [0.25, 0.3) is 0 Å². The van der Waals surface area contributed by atoms with E-state index < -0.39 is 0 Å². The second-order valence-electron chi connectivity index (χ2n) is 4.61. The Bertz CT molecular complexity index is 337. The van der Waals surface area contributed by atoms with Crippen LogP contribution in [0.1, 0.15) is 37.5 Å². The molecule has 1 aromatic carbocycles. The highest BCUT2D eigenvalue weighted by Gasteiger charge is 2.19.